The summed E-state index contributed by atoms with van der Waals surface area (Å²) in [7, 11) is -1.65. The average molecular weight is 492 g/mol. The Balaban J connectivity index is 1.44. The van der Waals surface area contributed by atoms with Crippen LogP contribution < -0.4 is 4.90 Å². The maximum absolute atomic E-state index is 12.7. The van der Waals surface area contributed by atoms with E-state index < -0.39 is 10.0 Å². The number of ether oxygens (including phenoxy) is 1. The molecular weight excluding hydrogens is 470 g/mol. The Bertz CT molecular complexity index is 1090. The zero-order valence-corrected chi connectivity index (χ0v) is 18.9. The van der Waals surface area contributed by atoms with Gasteiger partial charge in [0.1, 0.15) is 22.2 Å². The molecule has 3 heterocycles. The van der Waals surface area contributed by atoms with Crippen LogP contribution in [0.25, 0.3) is 11.3 Å². The molecule has 0 amide bonds. The summed E-state index contributed by atoms with van der Waals surface area (Å²) >= 11 is 3.43. The Morgan fingerprint density at radius 1 is 1.07 bits per heavy atom. The van der Waals surface area contributed by atoms with Crippen LogP contribution in [-0.2, 0) is 21.3 Å². The predicted octanol–water partition coefficient (Wildman–Crippen LogP) is 3.76. The summed E-state index contributed by atoms with van der Waals surface area (Å²) < 4.78 is 39.1. The molecule has 1 aliphatic heterocycles. The van der Waals surface area contributed by atoms with Crippen molar-refractivity contribution in [2.75, 3.05) is 38.3 Å². The van der Waals surface area contributed by atoms with Crippen LogP contribution in [0.3, 0.4) is 0 Å². The monoisotopic (exact) mass is 491 g/mol. The highest BCUT2D eigenvalue weighted by molar-refractivity contribution is 9.10. The lowest BCUT2D eigenvalue weighted by atomic mass is 10.2. The number of anilines is 1. The van der Waals surface area contributed by atoms with Crippen molar-refractivity contribution in [2.45, 2.75) is 11.4 Å². The molecule has 30 heavy (non-hydrogen) atoms. The number of morpholine rings is 1. The molecule has 1 fully saturated rings. The molecule has 1 saturated heterocycles. The number of halogens is 1. The highest BCUT2D eigenvalue weighted by Gasteiger charge is 2.26. The molecule has 0 spiro atoms. The van der Waals surface area contributed by atoms with Crippen molar-refractivity contribution in [1.82, 2.24) is 9.29 Å². The second-order valence-corrected chi connectivity index (χ2v) is 9.85. The first kappa shape index (κ1) is 21.0. The molecule has 0 bridgehead atoms. The van der Waals surface area contributed by atoms with E-state index in [-0.39, 0.29) is 4.90 Å². The number of rotatable bonds is 6. The fraction of sp³-hybridized carbons (Fsp3) is 0.286. The molecule has 0 N–H and O–H groups in total. The van der Waals surface area contributed by atoms with Crippen LogP contribution in [0.2, 0.25) is 0 Å². The van der Waals surface area contributed by atoms with Gasteiger partial charge in [-0.05, 0) is 36.4 Å². The second-order valence-electron chi connectivity index (χ2n) is 7.00. The number of nitrogens with zero attached hydrogens (tertiary/aromatic N) is 3. The van der Waals surface area contributed by atoms with Crippen molar-refractivity contribution < 1.29 is 17.6 Å². The van der Waals surface area contributed by atoms with Crippen molar-refractivity contribution in [2.24, 2.45) is 0 Å². The molecule has 4 rings (SSSR count). The average Bonchev–Trinajstić information content (AvgIpc) is 3.23. The first-order valence-corrected chi connectivity index (χ1v) is 11.8. The molecule has 3 aromatic rings. The van der Waals surface area contributed by atoms with Gasteiger partial charge in [-0.25, -0.2) is 13.4 Å². The molecule has 9 heteroatoms. The van der Waals surface area contributed by atoms with Crippen LogP contribution in [0.15, 0.2) is 68.5 Å². The summed E-state index contributed by atoms with van der Waals surface area (Å²) in [5.74, 6) is 2.26. The molecule has 0 unspecified atom stereocenters. The summed E-state index contributed by atoms with van der Waals surface area (Å²) in [6.07, 6.45) is 1.41. The minimum atomic E-state index is -3.54. The lowest BCUT2D eigenvalue weighted by Crippen LogP contribution is -2.40. The summed E-state index contributed by atoms with van der Waals surface area (Å²) in [6, 6.07) is 15.1. The summed E-state index contributed by atoms with van der Waals surface area (Å²) in [5, 5.41) is 0. The van der Waals surface area contributed by atoms with E-state index in [1.165, 1.54) is 10.5 Å². The van der Waals surface area contributed by atoms with E-state index in [0.29, 0.717) is 38.7 Å². The number of hydrogen-bond acceptors (Lipinski definition) is 6. The third kappa shape index (κ3) is 4.59. The number of pyridine rings is 1. The van der Waals surface area contributed by atoms with E-state index >= 15 is 0 Å². The molecular formula is C21H22BrN3O4S. The van der Waals surface area contributed by atoms with Gasteiger partial charge in [-0.15, -0.1) is 0 Å². The minimum absolute atomic E-state index is 0.192. The van der Waals surface area contributed by atoms with Crippen molar-refractivity contribution >= 4 is 31.8 Å². The Hall–Kier alpha value is -2.20. The fourth-order valence-electron chi connectivity index (χ4n) is 3.23. The molecule has 0 radical (unpaired) electrons. The van der Waals surface area contributed by atoms with Crippen molar-refractivity contribution in [3.05, 3.63) is 65.0 Å². The van der Waals surface area contributed by atoms with Crippen LogP contribution in [0.1, 0.15) is 5.76 Å². The third-order valence-corrected chi connectivity index (χ3v) is 7.31. The van der Waals surface area contributed by atoms with Gasteiger partial charge in [0.15, 0.2) is 0 Å². The quantitative estimate of drug-likeness (QED) is 0.522. The van der Waals surface area contributed by atoms with E-state index in [4.69, 9.17) is 9.15 Å². The fourth-order valence-corrected chi connectivity index (χ4v) is 4.85. The molecule has 158 valence electrons. The maximum atomic E-state index is 12.7. The van der Waals surface area contributed by atoms with Gasteiger partial charge in [-0.3, -0.25) is 0 Å². The standard InChI is InChI=1S/C21H22BrN3O4S/c1-24(15-18-6-8-20(29-18)16-2-4-17(22)5-3-16)21-9-7-19(14-23-21)30(26,27)25-10-12-28-13-11-25/h2-9,14H,10-13,15H2,1H3. The van der Waals surface area contributed by atoms with Gasteiger partial charge >= 0.3 is 0 Å². The number of sulfonamides is 1. The summed E-state index contributed by atoms with van der Waals surface area (Å²) in [4.78, 5) is 6.46. The van der Waals surface area contributed by atoms with Crippen molar-refractivity contribution in [3.63, 3.8) is 0 Å². The van der Waals surface area contributed by atoms with Crippen molar-refractivity contribution in [1.29, 1.82) is 0 Å². The SMILES string of the molecule is CN(Cc1ccc(-c2ccc(Br)cc2)o1)c1ccc(S(=O)(=O)N2CCOCC2)cn1. The molecule has 0 saturated carbocycles. The first-order valence-electron chi connectivity index (χ1n) is 9.53. The third-order valence-electron chi connectivity index (χ3n) is 4.90. The van der Waals surface area contributed by atoms with Crippen LogP contribution in [0, 0.1) is 0 Å². The Morgan fingerprint density at radius 2 is 1.80 bits per heavy atom. The van der Waals surface area contributed by atoms with Crippen LogP contribution >= 0.6 is 15.9 Å². The predicted molar refractivity (Wildman–Crippen MR) is 118 cm³/mol. The zero-order valence-electron chi connectivity index (χ0n) is 16.5. The van der Waals surface area contributed by atoms with Crippen LogP contribution in [0.5, 0.6) is 0 Å². The molecule has 1 aromatic carbocycles. The van der Waals surface area contributed by atoms with Gasteiger partial charge in [-0.1, -0.05) is 28.1 Å². The number of benzene rings is 1. The van der Waals surface area contributed by atoms with E-state index in [2.05, 4.69) is 20.9 Å². The lowest BCUT2D eigenvalue weighted by Gasteiger charge is -2.26. The normalized spacial score (nSPS) is 15.3. The molecule has 0 aliphatic carbocycles. The van der Waals surface area contributed by atoms with Gasteiger partial charge in [0.25, 0.3) is 0 Å². The van der Waals surface area contributed by atoms with E-state index in [1.54, 1.807) is 12.1 Å². The number of aromatic nitrogens is 1. The van der Waals surface area contributed by atoms with Crippen LogP contribution in [-0.4, -0.2) is 51.1 Å². The first-order chi connectivity index (χ1) is 14.4. The topological polar surface area (TPSA) is 75.9 Å². The molecule has 7 nitrogen and oxygen atoms in total. The highest BCUT2D eigenvalue weighted by atomic mass is 79.9. The van der Waals surface area contributed by atoms with Gasteiger partial charge in [0.05, 0.1) is 19.8 Å². The van der Waals surface area contributed by atoms with E-state index in [9.17, 15) is 8.42 Å². The van der Waals surface area contributed by atoms with Gasteiger partial charge in [-0.2, -0.15) is 4.31 Å². The second kappa shape index (κ2) is 8.89. The molecule has 1 aliphatic rings. The molecule has 2 aromatic heterocycles. The summed E-state index contributed by atoms with van der Waals surface area (Å²) in [5.41, 5.74) is 1.00. The van der Waals surface area contributed by atoms with Gasteiger partial charge < -0.3 is 14.1 Å². The van der Waals surface area contributed by atoms with Crippen LogP contribution in [0.4, 0.5) is 5.82 Å². The summed E-state index contributed by atoms with van der Waals surface area (Å²) in [6.45, 7) is 2.07. The van der Waals surface area contributed by atoms with E-state index in [1.807, 2.05) is 48.3 Å². The zero-order chi connectivity index (χ0) is 21.1. The Labute approximate surface area is 184 Å². The number of hydrogen-bond donors (Lipinski definition) is 0. The van der Waals surface area contributed by atoms with Crippen molar-refractivity contribution in [3.8, 4) is 11.3 Å². The largest absolute Gasteiger partial charge is 0.459 e. The minimum Gasteiger partial charge on any atom is -0.459 e. The van der Waals surface area contributed by atoms with Gasteiger partial charge in [0.2, 0.25) is 10.0 Å². The lowest BCUT2D eigenvalue weighted by molar-refractivity contribution is 0.0730. The Kier molecular flexibility index (Phi) is 6.24. The smallest absolute Gasteiger partial charge is 0.244 e. The maximum Gasteiger partial charge on any atom is 0.244 e. The highest BCUT2D eigenvalue weighted by Crippen LogP contribution is 2.25. The Morgan fingerprint density at radius 3 is 2.47 bits per heavy atom. The number of furan rings is 1. The van der Waals surface area contributed by atoms with E-state index in [0.717, 1.165) is 21.6 Å². The molecule has 0 atom stereocenters. The van der Waals surface area contributed by atoms with Gasteiger partial charge in [0, 0.05) is 36.4 Å².